The lowest BCUT2D eigenvalue weighted by atomic mass is 9.77. The van der Waals surface area contributed by atoms with E-state index < -0.39 is 5.54 Å². The maximum absolute atomic E-state index is 4.96. The Morgan fingerprint density at radius 3 is 1.61 bits per heavy atom. The highest BCUT2D eigenvalue weighted by molar-refractivity contribution is 5.51. The van der Waals surface area contributed by atoms with Crippen LogP contribution in [0.25, 0.3) is 0 Å². The fourth-order valence-corrected chi connectivity index (χ4v) is 6.13. The van der Waals surface area contributed by atoms with Crippen molar-refractivity contribution in [1.82, 2.24) is 9.55 Å². The molecule has 0 saturated carbocycles. The number of hydrogen-bond donors (Lipinski definition) is 0. The average Bonchev–Trinajstić information content (AvgIpc) is 3.48. The van der Waals surface area contributed by atoms with Crippen molar-refractivity contribution < 1.29 is 0 Å². The van der Waals surface area contributed by atoms with Gasteiger partial charge in [-0.15, -0.1) is 0 Å². The van der Waals surface area contributed by atoms with Gasteiger partial charge in [0.1, 0.15) is 5.54 Å². The first-order valence-corrected chi connectivity index (χ1v) is 13.8. The van der Waals surface area contributed by atoms with Crippen LogP contribution < -0.4 is 4.90 Å². The van der Waals surface area contributed by atoms with Crippen molar-refractivity contribution >= 4 is 5.69 Å². The van der Waals surface area contributed by atoms with Crippen LogP contribution in [0.5, 0.6) is 0 Å². The summed E-state index contributed by atoms with van der Waals surface area (Å²) in [5.74, 6) is 0.752. The largest absolute Gasteiger partial charge is 0.372 e. The minimum atomic E-state index is -0.490. The van der Waals surface area contributed by atoms with Crippen LogP contribution in [0.4, 0.5) is 5.69 Å². The lowest BCUT2D eigenvalue weighted by Crippen LogP contribution is -2.37. The van der Waals surface area contributed by atoms with Gasteiger partial charge in [-0.2, -0.15) is 0 Å². The monoisotopic (exact) mass is 497 g/mol. The molecule has 38 heavy (non-hydrogen) atoms. The van der Waals surface area contributed by atoms with E-state index in [0.717, 1.165) is 25.4 Å². The standard InChI is InChI=1S/C35H35N3/c1-5-13-30(14-6-1)35(31-15-7-2-8-16-31,32-17-9-3-10-18-32)38-27-33(36-28-38)22-21-29-23-25-37(26-24-29)34-19-11-4-12-20-34/h1-20,27-29H,21-26H2. The molecule has 3 nitrogen and oxygen atoms in total. The second-order valence-corrected chi connectivity index (χ2v) is 10.4. The van der Waals surface area contributed by atoms with Crippen LogP contribution >= 0.6 is 0 Å². The molecule has 190 valence electrons. The normalized spacial score (nSPS) is 14.5. The van der Waals surface area contributed by atoms with Crippen molar-refractivity contribution in [3.05, 3.63) is 156 Å². The molecule has 6 rings (SSSR count). The van der Waals surface area contributed by atoms with E-state index in [2.05, 4.69) is 137 Å². The number of aryl methyl sites for hydroxylation is 1. The van der Waals surface area contributed by atoms with Gasteiger partial charge in [0.15, 0.2) is 0 Å². The second kappa shape index (κ2) is 11.1. The summed E-state index contributed by atoms with van der Waals surface area (Å²) in [5, 5.41) is 0. The number of benzene rings is 4. The van der Waals surface area contributed by atoms with Crippen LogP contribution in [-0.2, 0) is 12.0 Å². The summed E-state index contributed by atoms with van der Waals surface area (Å²) in [6, 6.07) is 43.3. The fourth-order valence-electron chi connectivity index (χ4n) is 6.13. The van der Waals surface area contributed by atoms with Crippen LogP contribution in [-0.4, -0.2) is 22.6 Å². The molecule has 3 heteroatoms. The molecule has 1 aliphatic heterocycles. The number of nitrogens with zero attached hydrogens (tertiary/aromatic N) is 3. The molecule has 1 fully saturated rings. The zero-order chi connectivity index (χ0) is 25.6. The van der Waals surface area contributed by atoms with Gasteiger partial charge in [-0.25, -0.2) is 4.98 Å². The van der Waals surface area contributed by atoms with Crippen LogP contribution in [0, 0.1) is 5.92 Å². The zero-order valence-electron chi connectivity index (χ0n) is 21.9. The Morgan fingerprint density at radius 1 is 0.632 bits per heavy atom. The molecule has 0 unspecified atom stereocenters. The summed E-state index contributed by atoms with van der Waals surface area (Å²) >= 11 is 0. The molecule has 5 aromatic rings. The fraction of sp³-hybridized carbons (Fsp3) is 0.229. The number of imidazole rings is 1. The first-order chi connectivity index (χ1) is 18.8. The van der Waals surface area contributed by atoms with Gasteiger partial charge >= 0.3 is 0 Å². The number of hydrogen-bond acceptors (Lipinski definition) is 2. The van der Waals surface area contributed by atoms with Crippen LogP contribution in [0.3, 0.4) is 0 Å². The molecule has 1 saturated heterocycles. The molecule has 1 aromatic heterocycles. The smallest absolute Gasteiger partial charge is 0.121 e. The minimum Gasteiger partial charge on any atom is -0.372 e. The zero-order valence-corrected chi connectivity index (χ0v) is 21.9. The van der Waals surface area contributed by atoms with E-state index in [4.69, 9.17) is 4.98 Å². The van der Waals surface area contributed by atoms with Gasteiger partial charge in [0.25, 0.3) is 0 Å². The van der Waals surface area contributed by atoms with E-state index in [-0.39, 0.29) is 0 Å². The predicted molar refractivity (Wildman–Crippen MR) is 157 cm³/mol. The predicted octanol–water partition coefficient (Wildman–Crippen LogP) is 7.57. The Morgan fingerprint density at radius 2 is 1.11 bits per heavy atom. The lowest BCUT2D eigenvalue weighted by molar-refractivity contribution is 0.381. The Bertz CT molecular complexity index is 1310. The first kappa shape index (κ1) is 24.2. The first-order valence-electron chi connectivity index (χ1n) is 13.8. The molecule has 4 aromatic carbocycles. The number of rotatable bonds is 8. The Balaban J connectivity index is 1.26. The van der Waals surface area contributed by atoms with Crippen LogP contribution in [0.15, 0.2) is 134 Å². The SMILES string of the molecule is c1ccc(N2CCC(CCc3cn(C(c4ccccc4)(c4ccccc4)c4ccccc4)cn3)CC2)cc1. The average molecular weight is 498 g/mol. The molecular weight excluding hydrogens is 462 g/mol. The molecule has 0 atom stereocenters. The van der Waals surface area contributed by atoms with Crippen molar-refractivity contribution in [1.29, 1.82) is 0 Å². The maximum Gasteiger partial charge on any atom is 0.121 e. The van der Waals surface area contributed by atoms with E-state index >= 15 is 0 Å². The van der Waals surface area contributed by atoms with Crippen molar-refractivity contribution in [3.8, 4) is 0 Å². The van der Waals surface area contributed by atoms with Gasteiger partial charge in [0.2, 0.25) is 0 Å². The molecule has 0 bridgehead atoms. The highest BCUT2D eigenvalue weighted by atomic mass is 15.1. The molecular formula is C35H35N3. The van der Waals surface area contributed by atoms with Crippen molar-refractivity contribution in [2.24, 2.45) is 5.92 Å². The number of aromatic nitrogens is 2. The molecule has 0 spiro atoms. The quantitative estimate of drug-likeness (QED) is 0.206. The third-order valence-electron chi connectivity index (χ3n) is 8.14. The Labute approximate surface area is 226 Å². The summed E-state index contributed by atoms with van der Waals surface area (Å²) in [6.07, 6.45) is 9.02. The summed E-state index contributed by atoms with van der Waals surface area (Å²) < 4.78 is 2.33. The minimum absolute atomic E-state index is 0.490. The molecule has 0 amide bonds. The van der Waals surface area contributed by atoms with Gasteiger partial charge in [0, 0.05) is 25.0 Å². The van der Waals surface area contributed by atoms with E-state index in [1.54, 1.807) is 0 Å². The van der Waals surface area contributed by atoms with E-state index in [1.807, 2.05) is 6.33 Å². The Hall–Kier alpha value is -4.11. The van der Waals surface area contributed by atoms with Crippen molar-refractivity contribution in [2.75, 3.05) is 18.0 Å². The van der Waals surface area contributed by atoms with Gasteiger partial charge in [0.05, 0.1) is 12.0 Å². The summed E-state index contributed by atoms with van der Waals surface area (Å²) in [6.45, 7) is 2.28. The van der Waals surface area contributed by atoms with E-state index in [0.29, 0.717) is 0 Å². The number of anilines is 1. The summed E-state index contributed by atoms with van der Waals surface area (Å²) in [4.78, 5) is 7.49. The van der Waals surface area contributed by atoms with Gasteiger partial charge in [-0.05, 0) is 60.4 Å². The number of para-hydroxylation sites is 1. The summed E-state index contributed by atoms with van der Waals surface area (Å²) in [5.41, 5.74) is 5.72. The molecule has 0 radical (unpaired) electrons. The maximum atomic E-state index is 4.96. The third kappa shape index (κ3) is 4.77. The number of piperidine rings is 1. The van der Waals surface area contributed by atoms with E-state index in [1.165, 1.54) is 47.3 Å². The van der Waals surface area contributed by atoms with Crippen molar-refractivity contribution in [2.45, 2.75) is 31.2 Å². The highest BCUT2D eigenvalue weighted by Gasteiger charge is 2.38. The van der Waals surface area contributed by atoms with Gasteiger partial charge in [-0.1, -0.05) is 109 Å². The molecule has 0 aliphatic carbocycles. The lowest BCUT2D eigenvalue weighted by Gasteiger charge is -2.37. The second-order valence-electron chi connectivity index (χ2n) is 10.4. The molecule has 0 N–H and O–H groups in total. The highest BCUT2D eigenvalue weighted by Crippen LogP contribution is 2.41. The Kier molecular flexibility index (Phi) is 7.08. The molecule has 1 aliphatic rings. The van der Waals surface area contributed by atoms with Crippen molar-refractivity contribution in [3.63, 3.8) is 0 Å². The van der Waals surface area contributed by atoms with Crippen LogP contribution in [0.1, 0.15) is 41.6 Å². The van der Waals surface area contributed by atoms with Gasteiger partial charge in [-0.3, -0.25) is 0 Å². The summed E-state index contributed by atoms with van der Waals surface area (Å²) in [7, 11) is 0. The topological polar surface area (TPSA) is 21.1 Å². The molecule has 2 heterocycles. The van der Waals surface area contributed by atoms with Crippen LogP contribution in [0.2, 0.25) is 0 Å². The van der Waals surface area contributed by atoms with Gasteiger partial charge < -0.3 is 9.47 Å². The third-order valence-corrected chi connectivity index (χ3v) is 8.14. The van der Waals surface area contributed by atoms with E-state index in [9.17, 15) is 0 Å².